The molecule has 3 heterocycles. The summed E-state index contributed by atoms with van der Waals surface area (Å²) in [6.45, 7) is 3.54. The van der Waals surface area contributed by atoms with Gasteiger partial charge in [-0.3, -0.25) is 4.98 Å². The van der Waals surface area contributed by atoms with Crippen molar-refractivity contribution in [2.24, 2.45) is 0 Å². The van der Waals surface area contributed by atoms with Crippen molar-refractivity contribution in [2.45, 2.75) is 25.8 Å². The Labute approximate surface area is 202 Å². The average Bonchev–Trinajstić information content (AvgIpc) is 3.42. The van der Waals surface area contributed by atoms with Crippen LogP contribution in [-0.2, 0) is 0 Å². The van der Waals surface area contributed by atoms with Gasteiger partial charge >= 0.3 is 0 Å². The molecule has 8 nitrogen and oxygen atoms in total. The summed E-state index contributed by atoms with van der Waals surface area (Å²) in [5.41, 5.74) is 9.33. The van der Waals surface area contributed by atoms with E-state index in [1.54, 1.807) is 30.5 Å². The van der Waals surface area contributed by atoms with Gasteiger partial charge in [-0.15, -0.1) is 0 Å². The molecule has 1 aliphatic rings. The number of nitrogens with one attached hydrogen (secondary N) is 1. The van der Waals surface area contributed by atoms with E-state index in [1.165, 1.54) is 6.42 Å². The summed E-state index contributed by atoms with van der Waals surface area (Å²) in [6, 6.07) is 13.4. The van der Waals surface area contributed by atoms with Crippen LogP contribution in [0.5, 0.6) is 17.2 Å². The minimum Gasteiger partial charge on any atom is -0.490 e. The summed E-state index contributed by atoms with van der Waals surface area (Å²) in [5.74, 6) is 1.78. The van der Waals surface area contributed by atoms with E-state index in [2.05, 4.69) is 27.2 Å². The zero-order valence-electron chi connectivity index (χ0n) is 19.0. The van der Waals surface area contributed by atoms with Gasteiger partial charge in [0.15, 0.2) is 11.3 Å². The van der Waals surface area contributed by atoms with Crippen molar-refractivity contribution in [3.63, 3.8) is 0 Å². The van der Waals surface area contributed by atoms with Gasteiger partial charge < -0.3 is 29.8 Å². The minimum absolute atomic E-state index is 0.357. The molecule has 0 amide bonds. The molecule has 4 aromatic rings. The lowest BCUT2D eigenvalue weighted by Gasteiger charge is -2.20. The van der Waals surface area contributed by atoms with Crippen LogP contribution in [0.2, 0.25) is 5.02 Å². The second kappa shape index (κ2) is 9.40. The zero-order valence-corrected chi connectivity index (χ0v) is 19.8. The van der Waals surface area contributed by atoms with Gasteiger partial charge in [0.25, 0.3) is 6.01 Å². The van der Waals surface area contributed by atoms with Crippen LogP contribution < -0.4 is 20.5 Å². The fourth-order valence-corrected chi connectivity index (χ4v) is 4.16. The van der Waals surface area contributed by atoms with E-state index in [4.69, 9.17) is 31.2 Å². The maximum Gasteiger partial charge on any atom is 0.300 e. The van der Waals surface area contributed by atoms with Gasteiger partial charge in [0.05, 0.1) is 16.4 Å². The first-order valence-corrected chi connectivity index (χ1v) is 11.5. The number of nitrogens with two attached hydrogens (primary N) is 1. The molecule has 9 heteroatoms. The van der Waals surface area contributed by atoms with E-state index in [9.17, 15) is 0 Å². The topological polar surface area (TPSA) is 98.7 Å². The van der Waals surface area contributed by atoms with Crippen molar-refractivity contribution in [2.75, 3.05) is 31.2 Å². The molecular formula is C25H26ClN5O3. The largest absolute Gasteiger partial charge is 0.490 e. The van der Waals surface area contributed by atoms with Crippen LogP contribution >= 0.6 is 11.6 Å². The summed E-state index contributed by atoms with van der Waals surface area (Å²) in [6.07, 6.45) is 3.99. The lowest BCUT2D eigenvalue weighted by molar-refractivity contribution is 0.198. The molecule has 176 valence electrons. The SMILES string of the molecule is Cc1nccc(Oc2ccc3oc(Nc4ccc(Cl)c(OC[C@@H]5CCCN5C)c4)nc3c2)c1N. The van der Waals surface area contributed by atoms with Crippen molar-refractivity contribution < 1.29 is 13.9 Å². The van der Waals surface area contributed by atoms with Gasteiger partial charge in [-0.25, -0.2) is 0 Å². The molecule has 0 aliphatic carbocycles. The maximum absolute atomic E-state index is 6.36. The summed E-state index contributed by atoms with van der Waals surface area (Å²) in [7, 11) is 2.12. The highest BCUT2D eigenvalue weighted by molar-refractivity contribution is 6.32. The number of rotatable bonds is 7. The standard InChI is InChI=1S/C25H26ClN5O3/c1-15-24(27)22(9-10-28-15)33-18-6-8-21-20(13-18)30-25(34-21)29-16-5-7-19(26)23(12-16)32-14-17-4-3-11-31(17)2/h5-10,12-13,17H,3-4,11,14,27H2,1-2H3,(H,29,30)/t17-/m0/s1. The van der Waals surface area contributed by atoms with Crippen molar-refractivity contribution in [1.82, 2.24) is 14.9 Å². The number of anilines is 3. The molecule has 34 heavy (non-hydrogen) atoms. The summed E-state index contributed by atoms with van der Waals surface area (Å²) in [5, 5.41) is 3.75. The van der Waals surface area contributed by atoms with Crippen molar-refractivity contribution in [3.05, 3.63) is 59.4 Å². The van der Waals surface area contributed by atoms with Gasteiger partial charge in [-0.1, -0.05) is 11.6 Å². The number of aromatic nitrogens is 2. The van der Waals surface area contributed by atoms with E-state index in [-0.39, 0.29) is 0 Å². The molecule has 0 bridgehead atoms. The highest BCUT2D eigenvalue weighted by atomic mass is 35.5. The molecule has 2 aromatic carbocycles. The number of ether oxygens (including phenoxy) is 2. The summed E-state index contributed by atoms with van der Waals surface area (Å²) < 4.78 is 17.8. The quantitative estimate of drug-likeness (QED) is 0.344. The average molecular weight is 480 g/mol. The number of halogens is 1. The van der Waals surface area contributed by atoms with E-state index in [0.29, 0.717) is 63.4 Å². The fraction of sp³-hybridized carbons (Fsp3) is 0.280. The Kier molecular flexibility index (Phi) is 6.17. The van der Waals surface area contributed by atoms with Gasteiger partial charge in [-0.05, 0) is 57.6 Å². The third-order valence-electron chi connectivity index (χ3n) is 6.02. The van der Waals surface area contributed by atoms with Crippen molar-refractivity contribution in [3.8, 4) is 17.2 Å². The number of oxazole rings is 1. The zero-order chi connectivity index (χ0) is 23.7. The first kappa shape index (κ1) is 22.3. The van der Waals surface area contributed by atoms with Gasteiger partial charge in [0, 0.05) is 36.1 Å². The number of fused-ring (bicyclic) bond motifs is 1. The molecule has 1 aliphatic heterocycles. The van der Waals surface area contributed by atoms with E-state index in [1.807, 2.05) is 25.1 Å². The number of aryl methyl sites for hydroxylation is 1. The fourth-order valence-electron chi connectivity index (χ4n) is 3.99. The highest BCUT2D eigenvalue weighted by Crippen LogP contribution is 2.33. The predicted molar refractivity (Wildman–Crippen MR) is 133 cm³/mol. The Hall–Kier alpha value is -3.49. The van der Waals surface area contributed by atoms with Gasteiger partial charge in [-0.2, -0.15) is 4.98 Å². The van der Waals surface area contributed by atoms with Crippen LogP contribution in [0.1, 0.15) is 18.5 Å². The van der Waals surface area contributed by atoms with Crippen LogP contribution in [-0.4, -0.2) is 41.1 Å². The third kappa shape index (κ3) is 4.73. The smallest absolute Gasteiger partial charge is 0.300 e. The third-order valence-corrected chi connectivity index (χ3v) is 6.33. The summed E-state index contributed by atoms with van der Waals surface area (Å²) >= 11 is 6.36. The monoisotopic (exact) mass is 479 g/mol. The van der Waals surface area contributed by atoms with Crippen molar-refractivity contribution >= 4 is 40.1 Å². The van der Waals surface area contributed by atoms with Crippen LogP contribution in [0.3, 0.4) is 0 Å². The molecule has 5 rings (SSSR count). The Morgan fingerprint density at radius 2 is 2.09 bits per heavy atom. The van der Waals surface area contributed by atoms with Crippen molar-refractivity contribution in [1.29, 1.82) is 0 Å². The Balaban J connectivity index is 1.30. The number of benzene rings is 2. The molecule has 0 radical (unpaired) electrons. The Bertz CT molecular complexity index is 1330. The number of pyridine rings is 1. The summed E-state index contributed by atoms with van der Waals surface area (Å²) in [4.78, 5) is 11.0. The minimum atomic E-state index is 0.357. The van der Waals surface area contributed by atoms with Gasteiger partial charge in [0.1, 0.15) is 23.6 Å². The van der Waals surface area contributed by atoms with E-state index >= 15 is 0 Å². The molecule has 1 atom stereocenters. The van der Waals surface area contributed by atoms with Crippen LogP contribution in [0.4, 0.5) is 17.4 Å². The Morgan fingerprint density at radius 1 is 1.21 bits per heavy atom. The molecule has 0 spiro atoms. The normalized spacial score (nSPS) is 16.1. The molecule has 1 saturated heterocycles. The molecule has 0 unspecified atom stereocenters. The molecule has 1 fully saturated rings. The first-order valence-electron chi connectivity index (χ1n) is 11.2. The number of likely N-dealkylation sites (tertiary alicyclic amines) is 1. The number of nitrogen functional groups attached to an aromatic ring is 1. The molecule has 2 aromatic heterocycles. The molecular weight excluding hydrogens is 454 g/mol. The Morgan fingerprint density at radius 3 is 2.91 bits per heavy atom. The van der Waals surface area contributed by atoms with Crippen LogP contribution in [0, 0.1) is 6.92 Å². The van der Waals surface area contributed by atoms with Gasteiger partial charge in [0.2, 0.25) is 0 Å². The lowest BCUT2D eigenvalue weighted by atomic mass is 10.2. The number of hydrogen-bond donors (Lipinski definition) is 2. The van der Waals surface area contributed by atoms with Crippen LogP contribution in [0.15, 0.2) is 53.1 Å². The molecule has 0 saturated carbocycles. The molecule has 3 N–H and O–H groups in total. The number of likely N-dealkylation sites (N-methyl/N-ethyl adjacent to an activating group) is 1. The highest BCUT2D eigenvalue weighted by Gasteiger charge is 2.21. The second-order valence-electron chi connectivity index (χ2n) is 8.42. The maximum atomic E-state index is 6.36. The first-order chi connectivity index (χ1) is 16.5. The van der Waals surface area contributed by atoms with E-state index < -0.39 is 0 Å². The lowest BCUT2D eigenvalue weighted by Crippen LogP contribution is -2.30. The number of hydrogen-bond acceptors (Lipinski definition) is 8. The second-order valence-corrected chi connectivity index (χ2v) is 8.82. The van der Waals surface area contributed by atoms with Crippen LogP contribution in [0.25, 0.3) is 11.1 Å². The predicted octanol–water partition coefficient (Wildman–Crippen LogP) is 5.78. The van der Waals surface area contributed by atoms with E-state index in [0.717, 1.165) is 18.7 Å². The number of nitrogens with zero attached hydrogens (tertiary/aromatic N) is 3.